The minimum atomic E-state index is -2.41. The van der Waals surface area contributed by atoms with E-state index < -0.39 is 77.8 Å². The number of amides is 1. The van der Waals surface area contributed by atoms with E-state index in [4.69, 9.17) is 23.7 Å². The number of carbonyl (C=O) groups excluding carboxylic acids is 5. The number of ketones is 3. The second-order valence-corrected chi connectivity index (χ2v) is 20.0. The van der Waals surface area contributed by atoms with Crippen molar-refractivity contribution in [1.29, 1.82) is 0 Å². The number of rotatable bonds is 6. The van der Waals surface area contributed by atoms with Gasteiger partial charge in [-0.15, -0.1) is 0 Å². The summed E-state index contributed by atoms with van der Waals surface area (Å²) in [6.07, 6.45) is 13.6. The summed E-state index contributed by atoms with van der Waals surface area (Å²) in [6.45, 7) is 15.1. The summed E-state index contributed by atoms with van der Waals surface area (Å²) >= 11 is 0. The number of methoxy groups -OCH3 is 3. The van der Waals surface area contributed by atoms with Gasteiger partial charge in [0.05, 0.1) is 18.3 Å². The van der Waals surface area contributed by atoms with Gasteiger partial charge in [0.2, 0.25) is 5.79 Å². The van der Waals surface area contributed by atoms with Crippen molar-refractivity contribution in [2.45, 2.75) is 181 Å². The predicted molar refractivity (Wildman–Crippen MR) is 248 cm³/mol. The average molecular weight is 912 g/mol. The number of ether oxygens (including phenoxy) is 5. The van der Waals surface area contributed by atoms with Crippen LogP contribution in [0.4, 0.5) is 0 Å². The van der Waals surface area contributed by atoms with Crippen LogP contribution >= 0.6 is 0 Å². The Morgan fingerprint density at radius 3 is 2.25 bits per heavy atom. The van der Waals surface area contributed by atoms with E-state index in [1.54, 1.807) is 41.1 Å². The van der Waals surface area contributed by atoms with Crippen molar-refractivity contribution in [2.75, 3.05) is 27.9 Å². The van der Waals surface area contributed by atoms with Gasteiger partial charge in [0.1, 0.15) is 30.1 Å². The fourth-order valence-electron chi connectivity index (χ4n) is 10.4. The SMILES string of the molecule is CO[C@H]1C[C@@H]2CC[C@@H](C)[C@@](O)(O2)C(=O)C(=O)N2CCCC[C@H]2C(=O)OC([C@H](C)C[C@@H]2CCC(C)[C@H](OC)C2)CC(=O)[C@H](C)/C=C(\C)[C@@H](O)[C@@H](OC)C(=O)[C@H](C)C[C@H](C)/C=C/C=C/C=C/1C. The smallest absolute Gasteiger partial charge is 0.329 e. The topological polar surface area (TPSA) is 175 Å². The number of hydrogen-bond donors (Lipinski definition) is 2. The third kappa shape index (κ3) is 14.3. The maximum absolute atomic E-state index is 14.4. The van der Waals surface area contributed by atoms with Crippen LogP contribution in [0, 0.1) is 41.4 Å². The maximum atomic E-state index is 14.4. The van der Waals surface area contributed by atoms with Crippen LogP contribution in [0.2, 0.25) is 0 Å². The second-order valence-electron chi connectivity index (χ2n) is 20.0. The summed E-state index contributed by atoms with van der Waals surface area (Å²) in [5, 5.41) is 23.4. The number of aliphatic hydroxyl groups is 2. The molecular formula is C52H81NO12. The van der Waals surface area contributed by atoms with Crippen molar-refractivity contribution in [3.63, 3.8) is 0 Å². The number of aliphatic hydroxyl groups excluding tert-OH is 1. The number of cyclic esters (lactones) is 1. The highest BCUT2D eigenvalue weighted by atomic mass is 16.6. The van der Waals surface area contributed by atoms with Gasteiger partial charge in [0, 0.05) is 58.5 Å². The molecule has 2 bridgehead atoms. The quantitative estimate of drug-likeness (QED) is 0.153. The van der Waals surface area contributed by atoms with E-state index in [0.717, 1.165) is 24.8 Å². The molecule has 1 amide bonds. The lowest BCUT2D eigenvalue weighted by Gasteiger charge is -2.42. The lowest BCUT2D eigenvalue weighted by molar-refractivity contribution is -0.265. The Morgan fingerprint density at radius 1 is 0.846 bits per heavy atom. The van der Waals surface area contributed by atoms with Crippen LogP contribution in [-0.4, -0.2) is 121 Å². The van der Waals surface area contributed by atoms with Crippen molar-refractivity contribution in [2.24, 2.45) is 41.4 Å². The Hall–Kier alpha value is -3.33. The number of allylic oxidation sites excluding steroid dienone is 6. The van der Waals surface area contributed by atoms with Gasteiger partial charge in [0.25, 0.3) is 11.7 Å². The number of esters is 1. The number of piperidine rings is 1. The first-order valence-electron chi connectivity index (χ1n) is 24.2. The van der Waals surface area contributed by atoms with Crippen LogP contribution in [-0.2, 0) is 47.7 Å². The van der Waals surface area contributed by atoms with E-state index in [9.17, 15) is 34.2 Å². The Balaban J connectivity index is 1.70. The molecule has 0 aromatic heterocycles. The molecule has 13 nitrogen and oxygen atoms in total. The Kier molecular flexibility index (Phi) is 21.0. The number of nitrogens with zero attached hydrogens (tertiary/aromatic N) is 1. The fourth-order valence-corrected chi connectivity index (χ4v) is 10.4. The van der Waals surface area contributed by atoms with Gasteiger partial charge in [-0.3, -0.25) is 19.2 Å². The lowest BCUT2D eigenvalue weighted by Crippen LogP contribution is -2.61. The van der Waals surface area contributed by atoms with Crippen LogP contribution in [0.25, 0.3) is 0 Å². The van der Waals surface area contributed by atoms with Crippen molar-refractivity contribution in [3.05, 3.63) is 47.6 Å². The van der Waals surface area contributed by atoms with Crippen LogP contribution < -0.4 is 0 Å². The molecule has 4 aliphatic rings. The molecule has 13 heteroatoms. The largest absolute Gasteiger partial charge is 0.460 e. The normalized spacial score (nSPS) is 40.4. The molecule has 0 spiro atoms. The van der Waals surface area contributed by atoms with Gasteiger partial charge in [0.15, 0.2) is 5.78 Å². The van der Waals surface area contributed by atoms with Gasteiger partial charge in [-0.25, -0.2) is 4.79 Å². The molecule has 1 aliphatic carbocycles. The van der Waals surface area contributed by atoms with E-state index in [0.29, 0.717) is 56.4 Å². The number of carbonyl (C=O) groups is 5. The van der Waals surface area contributed by atoms with Crippen LogP contribution in [0.5, 0.6) is 0 Å². The Labute approximate surface area is 388 Å². The summed E-state index contributed by atoms with van der Waals surface area (Å²) < 4.78 is 29.7. The molecule has 3 aliphatic heterocycles. The predicted octanol–water partition coefficient (Wildman–Crippen LogP) is 7.46. The Morgan fingerprint density at radius 2 is 1.57 bits per heavy atom. The lowest BCUT2D eigenvalue weighted by atomic mass is 9.76. The molecular weight excluding hydrogens is 831 g/mol. The molecule has 0 aromatic carbocycles. The number of Topliss-reactive ketones (excluding diaryl/α,β-unsaturated/α-hetero) is 3. The molecule has 0 aromatic rings. The van der Waals surface area contributed by atoms with Gasteiger partial charge < -0.3 is 38.8 Å². The van der Waals surface area contributed by atoms with E-state index in [-0.39, 0.29) is 54.8 Å². The van der Waals surface area contributed by atoms with Crippen LogP contribution in [0.1, 0.15) is 132 Å². The Bertz CT molecular complexity index is 1750. The summed E-state index contributed by atoms with van der Waals surface area (Å²) in [7, 11) is 4.70. The number of hydrogen-bond acceptors (Lipinski definition) is 12. The zero-order chi connectivity index (χ0) is 48.2. The van der Waals surface area contributed by atoms with Gasteiger partial charge in [-0.2, -0.15) is 0 Å². The summed E-state index contributed by atoms with van der Waals surface area (Å²) in [4.78, 5) is 71.9. The molecule has 366 valence electrons. The molecule has 3 fully saturated rings. The first-order valence-corrected chi connectivity index (χ1v) is 24.2. The molecule has 15 atom stereocenters. The molecule has 3 heterocycles. The highest BCUT2D eigenvalue weighted by molar-refractivity contribution is 6.39. The molecule has 2 N–H and O–H groups in total. The summed E-state index contributed by atoms with van der Waals surface area (Å²) in [5.74, 6) is -7.07. The summed E-state index contributed by atoms with van der Waals surface area (Å²) in [5.41, 5.74) is 1.30. The molecule has 1 saturated carbocycles. The van der Waals surface area contributed by atoms with Crippen molar-refractivity contribution >= 4 is 29.2 Å². The molecule has 2 saturated heterocycles. The van der Waals surface area contributed by atoms with Gasteiger partial charge in [-0.1, -0.05) is 78.0 Å². The van der Waals surface area contributed by atoms with Crippen molar-refractivity contribution in [3.8, 4) is 0 Å². The van der Waals surface area contributed by atoms with Gasteiger partial charge in [-0.05, 0) is 113 Å². The van der Waals surface area contributed by atoms with E-state index in [1.807, 2.05) is 58.1 Å². The number of fused-ring (bicyclic) bond motifs is 3. The van der Waals surface area contributed by atoms with Gasteiger partial charge >= 0.3 is 5.97 Å². The van der Waals surface area contributed by atoms with Crippen LogP contribution in [0.15, 0.2) is 47.6 Å². The van der Waals surface area contributed by atoms with E-state index in [1.165, 1.54) is 12.0 Å². The highest BCUT2D eigenvalue weighted by Gasteiger charge is 2.53. The monoisotopic (exact) mass is 912 g/mol. The third-order valence-electron chi connectivity index (χ3n) is 14.8. The van der Waals surface area contributed by atoms with Crippen molar-refractivity contribution in [1.82, 2.24) is 4.90 Å². The molecule has 0 radical (unpaired) electrons. The first-order chi connectivity index (χ1) is 30.7. The minimum Gasteiger partial charge on any atom is -0.460 e. The molecule has 65 heavy (non-hydrogen) atoms. The minimum absolute atomic E-state index is 0.0304. The van der Waals surface area contributed by atoms with Crippen LogP contribution in [0.3, 0.4) is 0 Å². The standard InChI is InChI=1S/C52H81NO12/c1-31-17-13-12-14-18-32(2)44(62-10)29-40-23-21-38(8)52(60,65-40)49(57)50(58)53-24-16-15-19-41(53)51(59)64-45(35(5)27-39-22-20-33(3)43(28-39)61-9)30-42(54)34(4)26-37(7)47(56)48(63-11)46(55)36(6)25-31/h12-14,17-18,26,31,33-36,38-41,43-45,47-48,56,60H,15-16,19-25,27-30H2,1-11H3/b14-12+,17-13+,32-18+,37-26+/t31-,33?,34-,35-,36-,38-,39+,40+,41+,43-,44+,45?,47-,48+,52-/m1/s1. The average Bonchev–Trinajstić information content (AvgIpc) is 3.28. The first kappa shape index (κ1) is 54.3. The zero-order valence-electron chi connectivity index (χ0n) is 41.2. The third-order valence-corrected chi connectivity index (χ3v) is 14.8. The fraction of sp³-hybridized carbons (Fsp3) is 0.750. The van der Waals surface area contributed by atoms with E-state index in [2.05, 4.69) is 6.92 Å². The molecule has 2 unspecified atom stereocenters. The maximum Gasteiger partial charge on any atom is 0.329 e. The summed E-state index contributed by atoms with van der Waals surface area (Å²) in [6, 6.07) is -1.11. The second kappa shape index (κ2) is 25.2. The zero-order valence-corrected chi connectivity index (χ0v) is 41.2. The highest BCUT2D eigenvalue weighted by Crippen LogP contribution is 2.38. The van der Waals surface area contributed by atoms with Crippen molar-refractivity contribution < 1.29 is 57.9 Å². The van der Waals surface area contributed by atoms with E-state index >= 15 is 0 Å². The molecule has 4 rings (SSSR count).